The van der Waals surface area contributed by atoms with Crippen LogP contribution in [0.1, 0.15) is 10.4 Å². The van der Waals surface area contributed by atoms with Crippen molar-refractivity contribution in [1.29, 1.82) is 0 Å². The highest BCUT2D eigenvalue weighted by atomic mass is 19.1. The average molecular weight is 262 g/mol. The number of carbonyl (C=O) groups is 1. The fourth-order valence-electron chi connectivity index (χ4n) is 1.57. The maximum atomic E-state index is 13.5. The Labute approximate surface area is 108 Å². The number of aromatic nitrogens is 1. The summed E-state index contributed by atoms with van der Waals surface area (Å²) in [5.41, 5.74) is 0.776. The van der Waals surface area contributed by atoms with E-state index in [9.17, 15) is 9.18 Å². The molecule has 0 unspecified atom stereocenters. The predicted octanol–water partition coefficient (Wildman–Crippen LogP) is 2.67. The van der Waals surface area contributed by atoms with Gasteiger partial charge in [-0.25, -0.2) is 9.18 Å². The van der Waals surface area contributed by atoms with E-state index in [0.717, 1.165) is 0 Å². The normalized spacial score (nSPS) is 10.0. The highest BCUT2D eigenvalue weighted by Gasteiger charge is 2.11. The number of nitrogens with zero attached hydrogens (tertiary/aromatic N) is 1. The van der Waals surface area contributed by atoms with Crippen molar-refractivity contribution >= 4 is 17.3 Å². The standard InChI is InChI=1S/C13H11FN2O3/c1-19-12-3-2-8(6-10(12)14)16-11-4-5-15-7-9(11)13(17)18/h2-7H,1H3,(H,15,16)(H,17,18). The molecule has 1 aromatic carbocycles. The minimum Gasteiger partial charge on any atom is -0.494 e. The number of methoxy groups -OCH3 is 1. The number of benzene rings is 1. The van der Waals surface area contributed by atoms with E-state index in [-0.39, 0.29) is 11.3 Å². The third kappa shape index (κ3) is 2.79. The van der Waals surface area contributed by atoms with Crippen molar-refractivity contribution in [2.75, 3.05) is 12.4 Å². The van der Waals surface area contributed by atoms with Gasteiger partial charge in [0.1, 0.15) is 5.56 Å². The lowest BCUT2D eigenvalue weighted by molar-refractivity contribution is 0.0697. The number of carboxylic acid groups (broad SMARTS) is 1. The Hall–Kier alpha value is -2.63. The van der Waals surface area contributed by atoms with Gasteiger partial charge >= 0.3 is 5.97 Å². The Morgan fingerprint density at radius 3 is 2.84 bits per heavy atom. The maximum absolute atomic E-state index is 13.5. The van der Waals surface area contributed by atoms with Crippen LogP contribution in [-0.2, 0) is 0 Å². The van der Waals surface area contributed by atoms with Crippen molar-refractivity contribution in [2.45, 2.75) is 0 Å². The van der Waals surface area contributed by atoms with Crippen LogP contribution >= 0.6 is 0 Å². The first-order valence-corrected chi connectivity index (χ1v) is 5.39. The molecule has 2 aromatic rings. The molecule has 5 nitrogen and oxygen atoms in total. The number of ether oxygens (including phenoxy) is 1. The molecule has 1 aromatic heterocycles. The smallest absolute Gasteiger partial charge is 0.339 e. The Balaban J connectivity index is 2.31. The highest BCUT2D eigenvalue weighted by Crippen LogP contribution is 2.24. The van der Waals surface area contributed by atoms with Crippen LogP contribution < -0.4 is 10.1 Å². The number of anilines is 2. The third-order valence-electron chi connectivity index (χ3n) is 2.48. The first-order valence-electron chi connectivity index (χ1n) is 5.39. The Bertz CT molecular complexity index is 617. The van der Waals surface area contributed by atoms with Gasteiger partial charge in [0.2, 0.25) is 0 Å². The van der Waals surface area contributed by atoms with Gasteiger partial charge in [-0.05, 0) is 18.2 Å². The summed E-state index contributed by atoms with van der Waals surface area (Å²) in [6.07, 6.45) is 2.68. The molecule has 0 atom stereocenters. The van der Waals surface area contributed by atoms with Gasteiger partial charge in [0.25, 0.3) is 0 Å². The summed E-state index contributed by atoms with van der Waals surface area (Å²) in [5, 5.41) is 11.8. The van der Waals surface area contributed by atoms with Gasteiger partial charge in [-0.2, -0.15) is 0 Å². The van der Waals surface area contributed by atoms with E-state index in [1.165, 1.54) is 37.7 Å². The van der Waals surface area contributed by atoms with Crippen LogP contribution in [0.3, 0.4) is 0 Å². The lowest BCUT2D eigenvalue weighted by atomic mass is 10.2. The molecule has 0 fully saturated rings. The van der Waals surface area contributed by atoms with Crippen LogP contribution in [0.5, 0.6) is 5.75 Å². The zero-order chi connectivity index (χ0) is 13.8. The first kappa shape index (κ1) is 12.8. The van der Waals surface area contributed by atoms with Crippen LogP contribution in [0.4, 0.5) is 15.8 Å². The van der Waals surface area contributed by atoms with Gasteiger partial charge in [-0.15, -0.1) is 0 Å². The summed E-state index contributed by atoms with van der Waals surface area (Å²) in [4.78, 5) is 14.7. The maximum Gasteiger partial charge on any atom is 0.339 e. The van der Waals surface area contributed by atoms with Gasteiger partial charge in [0.05, 0.1) is 12.8 Å². The van der Waals surface area contributed by atoms with Gasteiger partial charge in [0.15, 0.2) is 11.6 Å². The SMILES string of the molecule is COc1ccc(Nc2ccncc2C(=O)O)cc1F. The van der Waals surface area contributed by atoms with E-state index in [1.807, 2.05) is 0 Å². The van der Waals surface area contributed by atoms with Crippen LogP contribution in [0.25, 0.3) is 0 Å². The van der Waals surface area contributed by atoms with Crippen molar-refractivity contribution in [2.24, 2.45) is 0 Å². The second kappa shape index (κ2) is 5.34. The topological polar surface area (TPSA) is 71.5 Å². The van der Waals surface area contributed by atoms with Crippen molar-refractivity contribution in [1.82, 2.24) is 4.98 Å². The van der Waals surface area contributed by atoms with Gasteiger partial charge in [0, 0.05) is 24.1 Å². The van der Waals surface area contributed by atoms with Crippen LogP contribution in [0.2, 0.25) is 0 Å². The van der Waals surface area contributed by atoms with E-state index in [4.69, 9.17) is 9.84 Å². The van der Waals surface area contributed by atoms with E-state index < -0.39 is 11.8 Å². The number of aromatic carboxylic acids is 1. The molecule has 6 heteroatoms. The number of hydrogen-bond donors (Lipinski definition) is 2. The minimum absolute atomic E-state index is 0.0127. The van der Waals surface area contributed by atoms with Gasteiger partial charge in [-0.3, -0.25) is 4.98 Å². The number of carboxylic acids is 1. The summed E-state index contributed by atoms with van der Waals surface area (Å²) in [6.45, 7) is 0. The molecular formula is C13H11FN2O3. The lowest BCUT2D eigenvalue weighted by Gasteiger charge is -2.10. The van der Waals surface area contributed by atoms with Crippen molar-refractivity contribution in [3.05, 3.63) is 48.0 Å². The number of halogens is 1. The van der Waals surface area contributed by atoms with Gasteiger partial charge in [-0.1, -0.05) is 0 Å². The number of hydrogen-bond acceptors (Lipinski definition) is 4. The summed E-state index contributed by atoms with van der Waals surface area (Å²) in [7, 11) is 1.37. The number of nitrogens with one attached hydrogen (secondary N) is 1. The van der Waals surface area contributed by atoms with Crippen LogP contribution in [0.15, 0.2) is 36.7 Å². The largest absolute Gasteiger partial charge is 0.494 e. The number of rotatable bonds is 4. The molecule has 98 valence electrons. The first-order chi connectivity index (χ1) is 9.11. The van der Waals surface area contributed by atoms with Crippen LogP contribution in [0, 0.1) is 5.82 Å². The Morgan fingerprint density at radius 2 is 2.21 bits per heavy atom. The Morgan fingerprint density at radius 1 is 1.42 bits per heavy atom. The monoisotopic (exact) mass is 262 g/mol. The molecule has 0 saturated heterocycles. The molecule has 0 bridgehead atoms. The highest BCUT2D eigenvalue weighted by molar-refractivity contribution is 5.94. The molecule has 0 radical (unpaired) electrons. The summed E-state index contributed by atoms with van der Waals surface area (Å²) in [5.74, 6) is -1.51. The van der Waals surface area contributed by atoms with Crippen molar-refractivity contribution < 1.29 is 19.0 Å². The molecular weight excluding hydrogens is 251 g/mol. The third-order valence-corrected chi connectivity index (χ3v) is 2.48. The van der Waals surface area contributed by atoms with E-state index in [1.54, 1.807) is 6.07 Å². The zero-order valence-corrected chi connectivity index (χ0v) is 10.1. The van der Waals surface area contributed by atoms with Gasteiger partial charge < -0.3 is 15.2 Å². The summed E-state index contributed by atoms with van der Waals surface area (Å²) < 4.78 is 18.3. The van der Waals surface area contributed by atoms with E-state index >= 15 is 0 Å². The molecule has 19 heavy (non-hydrogen) atoms. The number of pyridine rings is 1. The second-order valence-corrected chi connectivity index (χ2v) is 3.70. The second-order valence-electron chi connectivity index (χ2n) is 3.70. The molecule has 2 rings (SSSR count). The molecule has 0 aliphatic carbocycles. The van der Waals surface area contributed by atoms with Crippen molar-refractivity contribution in [3.8, 4) is 5.75 Å². The predicted molar refractivity (Wildman–Crippen MR) is 67.4 cm³/mol. The summed E-state index contributed by atoms with van der Waals surface area (Å²) >= 11 is 0. The molecule has 0 aliphatic rings. The van der Waals surface area contributed by atoms with E-state index in [0.29, 0.717) is 11.4 Å². The van der Waals surface area contributed by atoms with Crippen LogP contribution in [-0.4, -0.2) is 23.2 Å². The summed E-state index contributed by atoms with van der Waals surface area (Å²) in [6, 6.07) is 5.78. The zero-order valence-electron chi connectivity index (χ0n) is 10.1. The molecule has 0 saturated carbocycles. The minimum atomic E-state index is -1.11. The molecule has 2 N–H and O–H groups in total. The molecule has 0 aliphatic heterocycles. The molecule has 0 spiro atoms. The average Bonchev–Trinajstić information content (AvgIpc) is 2.39. The Kier molecular flexibility index (Phi) is 3.61. The molecule has 0 amide bonds. The van der Waals surface area contributed by atoms with Crippen molar-refractivity contribution in [3.63, 3.8) is 0 Å². The fourth-order valence-corrected chi connectivity index (χ4v) is 1.57. The lowest BCUT2D eigenvalue weighted by Crippen LogP contribution is -2.03. The quantitative estimate of drug-likeness (QED) is 0.886. The van der Waals surface area contributed by atoms with E-state index in [2.05, 4.69) is 10.3 Å². The fraction of sp³-hybridized carbons (Fsp3) is 0.0769. The molecule has 1 heterocycles.